The Morgan fingerprint density at radius 3 is 2.11 bits per heavy atom. The van der Waals surface area contributed by atoms with Crippen molar-refractivity contribution in [2.24, 2.45) is 11.3 Å². The summed E-state index contributed by atoms with van der Waals surface area (Å²) < 4.78 is 0. The minimum absolute atomic E-state index is 0.412. The highest BCUT2D eigenvalue weighted by molar-refractivity contribution is 6.30. The maximum atomic E-state index is 5.96. The van der Waals surface area contributed by atoms with Crippen LogP contribution in [0.5, 0.6) is 0 Å². The summed E-state index contributed by atoms with van der Waals surface area (Å²) in [6.07, 6.45) is 2.71. The maximum Gasteiger partial charge on any atom is 0.0406 e. The molecule has 1 nitrogen and oxygen atoms in total. The van der Waals surface area contributed by atoms with Crippen molar-refractivity contribution in [1.29, 1.82) is 0 Å². The summed E-state index contributed by atoms with van der Waals surface area (Å²) in [5, 5.41) is 4.62. The number of nitrogens with one attached hydrogen (secondary N) is 1. The Labute approximate surface area is 116 Å². The van der Waals surface area contributed by atoms with Crippen molar-refractivity contribution in [2.45, 2.75) is 52.6 Å². The van der Waals surface area contributed by atoms with Gasteiger partial charge in [0.1, 0.15) is 0 Å². The minimum atomic E-state index is 0.412. The third-order valence-corrected chi connectivity index (χ3v) is 4.66. The fourth-order valence-electron chi connectivity index (χ4n) is 2.44. The molecule has 0 spiro atoms. The summed E-state index contributed by atoms with van der Waals surface area (Å²) in [6, 6.07) is 9.23. The first-order chi connectivity index (χ1) is 8.42. The van der Waals surface area contributed by atoms with Crippen LogP contribution in [0, 0.1) is 11.3 Å². The van der Waals surface area contributed by atoms with Gasteiger partial charge in [0.2, 0.25) is 0 Å². The van der Waals surface area contributed by atoms with Gasteiger partial charge in [-0.25, -0.2) is 0 Å². The summed E-state index contributed by atoms with van der Waals surface area (Å²) in [5.41, 5.74) is 1.85. The average molecular weight is 266 g/mol. The SMILES string of the molecule is CC(C)C(NC(C)C1(C)CC1)c1ccc(Cl)cc1. The van der Waals surface area contributed by atoms with Crippen LogP contribution < -0.4 is 5.32 Å². The van der Waals surface area contributed by atoms with Crippen molar-refractivity contribution in [3.05, 3.63) is 34.9 Å². The summed E-state index contributed by atoms with van der Waals surface area (Å²) >= 11 is 5.96. The number of hydrogen-bond acceptors (Lipinski definition) is 1. The summed E-state index contributed by atoms with van der Waals surface area (Å²) in [7, 11) is 0. The summed E-state index contributed by atoms with van der Waals surface area (Å²) in [6.45, 7) is 9.24. The predicted octanol–water partition coefficient (Wildman–Crippen LogP) is 4.82. The Bertz CT molecular complexity index is 392. The molecular formula is C16H24ClN. The third-order valence-electron chi connectivity index (χ3n) is 4.41. The molecule has 2 rings (SSSR count). The standard InChI is InChI=1S/C16H24ClN/c1-11(2)15(13-5-7-14(17)8-6-13)18-12(3)16(4)9-10-16/h5-8,11-12,15,18H,9-10H2,1-4H3. The molecule has 0 heterocycles. The lowest BCUT2D eigenvalue weighted by molar-refractivity contribution is 0.300. The van der Waals surface area contributed by atoms with Crippen molar-refractivity contribution in [2.75, 3.05) is 0 Å². The highest BCUT2D eigenvalue weighted by Crippen LogP contribution is 2.48. The van der Waals surface area contributed by atoms with Gasteiger partial charge < -0.3 is 5.32 Å². The first-order valence-electron chi connectivity index (χ1n) is 6.94. The first-order valence-corrected chi connectivity index (χ1v) is 7.32. The molecule has 0 amide bonds. The van der Waals surface area contributed by atoms with Crippen LogP contribution in [0.25, 0.3) is 0 Å². The Morgan fingerprint density at radius 1 is 1.11 bits per heavy atom. The quantitative estimate of drug-likeness (QED) is 0.805. The van der Waals surface area contributed by atoms with Gasteiger partial charge in [0.15, 0.2) is 0 Å². The fraction of sp³-hybridized carbons (Fsp3) is 0.625. The number of benzene rings is 1. The van der Waals surface area contributed by atoms with Crippen LogP contribution in [0.2, 0.25) is 5.02 Å². The van der Waals surface area contributed by atoms with Crippen molar-refractivity contribution in [1.82, 2.24) is 5.32 Å². The molecule has 1 saturated carbocycles. The second kappa shape index (κ2) is 5.22. The van der Waals surface area contributed by atoms with E-state index in [0.717, 1.165) is 5.02 Å². The maximum absolute atomic E-state index is 5.96. The van der Waals surface area contributed by atoms with E-state index in [1.165, 1.54) is 18.4 Å². The monoisotopic (exact) mass is 265 g/mol. The molecule has 100 valence electrons. The molecule has 0 aromatic heterocycles. The lowest BCUT2D eigenvalue weighted by atomic mass is 9.92. The average Bonchev–Trinajstić information content (AvgIpc) is 3.06. The molecule has 18 heavy (non-hydrogen) atoms. The zero-order valence-corrected chi connectivity index (χ0v) is 12.6. The largest absolute Gasteiger partial charge is 0.307 e. The van der Waals surface area contributed by atoms with Gasteiger partial charge >= 0.3 is 0 Å². The van der Waals surface area contributed by atoms with E-state index in [1.807, 2.05) is 12.1 Å². The van der Waals surface area contributed by atoms with Crippen molar-refractivity contribution in [3.63, 3.8) is 0 Å². The molecule has 0 saturated heterocycles. The van der Waals surface area contributed by atoms with E-state index in [4.69, 9.17) is 11.6 Å². The molecule has 2 heteroatoms. The van der Waals surface area contributed by atoms with Crippen molar-refractivity contribution >= 4 is 11.6 Å². The Hall–Kier alpha value is -0.530. The molecule has 0 radical (unpaired) electrons. The van der Waals surface area contributed by atoms with E-state index in [0.29, 0.717) is 23.4 Å². The normalized spacial score (nSPS) is 20.8. The van der Waals surface area contributed by atoms with E-state index in [-0.39, 0.29) is 0 Å². The van der Waals surface area contributed by atoms with Crippen molar-refractivity contribution in [3.8, 4) is 0 Å². The molecule has 1 fully saturated rings. The van der Waals surface area contributed by atoms with Crippen LogP contribution in [-0.2, 0) is 0 Å². The van der Waals surface area contributed by atoms with Gasteiger partial charge in [0, 0.05) is 17.1 Å². The predicted molar refractivity (Wildman–Crippen MR) is 79.0 cm³/mol. The highest BCUT2D eigenvalue weighted by atomic mass is 35.5. The molecule has 1 aromatic carbocycles. The van der Waals surface area contributed by atoms with Crippen LogP contribution >= 0.6 is 11.6 Å². The van der Waals surface area contributed by atoms with Crippen LogP contribution in [0.1, 0.15) is 52.1 Å². The smallest absolute Gasteiger partial charge is 0.0406 e. The van der Waals surface area contributed by atoms with Crippen LogP contribution in [0.3, 0.4) is 0 Å². The molecule has 1 N–H and O–H groups in total. The number of rotatable bonds is 5. The molecule has 1 aliphatic rings. The molecule has 2 atom stereocenters. The van der Waals surface area contributed by atoms with Gasteiger partial charge in [0.25, 0.3) is 0 Å². The van der Waals surface area contributed by atoms with Gasteiger partial charge in [-0.05, 0) is 48.8 Å². The zero-order valence-electron chi connectivity index (χ0n) is 11.8. The summed E-state index contributed by atoms with van der Waals surface area (Å²) in [5.74, 6) is 0.580. The lowest BCUT2D eigenvalue weighted by Crippen LogP contribution is -2.38. The Balaban J connectivity index is 2.10. The van der Waals surface area contributed by atoms with Crippen LogP contribution in [0.4, 0.5) is 0 Å². The molecule has 0 bridgehead atoms. The Kier molecular flexibility index (Phi) is 4.03. The van der Waals surface area contributed by atoms with E-state index in [9.17, 15) is 0 Å². The second-order valence-electron chi connectivity index (χ2n) is 6.32. The van der Waals surface area contributed by atoms with Gasteiger partial charge in [-0.15, -0.1) is 0 Å². The van der Waals surface area contributed by atoms with Crippen LogP contribution in [0.15, 0.2) is 24.3 Å². The first kappa shape index (κ1) is 13.9. The van der Waals surface area contributed by atoms with Crippen molar-refractivity contribution < 1.29 is 0 Å². The molecular weight excluding hydrogens is 242 g/mol. The second-order valence-corrected chi connectivity index (χ2v) is 6.75. The molecule has 1 aromatic rings. The van der Waals surface area contributed by atoms with Gasteiger partial charge in [-0.1, -0.05) is 44.5 Å². The minimum Gasteiger partial charge on any atom is -0.307 e. The Morgan fingerprint density at radius 2 is 1.67 bits per heavy atom. The molecule has 2 unspecified atom stereocenters. The van der Waals surface area contributed by atoms with Gasteiger partial charge in [0.05, 0.1) is 0 Å². The van der Waals surface area contributed by atoms with E-state index < -0.39 is 0 Å². The van der Waals surface area contributed by atoms with Gasteiger partial charge in [-0.3, -0.25) is 0 Å². The third kappa shape index (κ3) is 3.07. The zero-order chi connectivity index (χ0) is 13.3. The van der Waals surface area contributed by atoms with E-state index in [1.54, 1.807) is 0 Å². The highest BCUT2D eigenvalue weighted by Gasteiger charge is 2.43. The number of halogens is 1. The topological polar surface area (TPSA) is 12.0 Å². The molecule has 1 aliphatic carbocycles. The molecule has 0 aliphatic heterocycles. The van der Waals surface area contributed by atoms with Gasteiger partial charge in [-0.2, -0.15) is 0 Å². The lowest BCUT2D eigenvalue weighted by Gasteiger charge is -2.30. The van der Waals surface area contributed by atoms with E-state index >= 15 is 0 Å². The fourth-order valence-corrected chi connectivity index (χ4v) is 2.57. The number of hydrogen-bond donors (Lipinski definition) is 1. The summed E-state index contributed by atoms with van der Waals surface area (Å²) in [4.78, 5) is 0. The van der Waals surface area contributed by atoms with E-state index in [2.05, 4.69) is 45.1 Å². The van der Waals surface area contributed by atoms with Crippen LogP contribution in [-0.4, -0.2) is 6.04 Å².